The molecule has 1 aromatic carbocycles. The van der Waals surface area contributed by atoms with E-state index in [4.69, 9.17) is 16.0 Å². The van der Waals surface area contributed by atoms with Crippen molar-refractivity contribution in [1.82, 2.24) is 0 Å². The predicted octanol–water partition coefficient (Wildman–Crippen LogP) is 2.60. The Bertz CT molecular complexity index is 781. The molecule has 24 heavy (non-hydrogen) atoms. The Hall–Kier alpha value is -1.52. The van der Waals surface area contributed by atoms with Crippen LogP contribution in [-0.2, 0) is 13.0 Å². The molecule has 2 rings (SSSR count). The third kappa shape index (κ3) is 3.93. The fourth-order valence-corrected chi connectivity index (χ4v) is 3.29. The van der Waals surface area contributed by atoms with Crippen LogP contribution in [0.5, 0.6) is 5.75 Å². The topological polar surface area (TPSA) is 57.7 Å². The summed E-state index contributed by atoms with van der Waals surface area (Å²) in [5.74, 6) is -0.247. The molecule has 0 saturated carbocycles. The molecule has 0 fully saturated rings. The molecule has 0 radical (unpaired) electrons. The van der Waals surface area contributed by atoms with Crippen molar-refractivity contribution in [2.75, 3.05) is 14.1 Å². The third-order valence-corrected chi connectivity index (χ3v) is 4.67. The van der Waals surface area contributed by atoms with Crippen molar-refractivity contribution >= 4 is 22.6 Å². The van der Waals surface area contributed by atoms with Gasteiger partial charge in [-0.05, 0) is 31.4 Å². The number of halogens is 1. The SMILES string of the molecule is CCCCCCc1c(C)c2cc(Cl)c([O-])c(C[NH+](C)C)c2oc1=O. The maximum atomic E-state index is 12.4. The van der Waals surface area contributed by atoms with Crippen molar-refractivity contribution in [3.05, 3.63) is 38.2 Å². The molecule has 132 valence electrons. The van der Waals surface area contributed by atoms with Crippen molar-refractivity contribution in [1.29, 1.82) is 0 Å². The minimum Gasteiger partial charge on any atom is -0.871 e. The molecule has 2 aromatic rings. The molecule has 1 heterocycles. The molecule has 0 unspecified atom stereocenters. The number of aryl methyl sites for hydroxylation is 1. The van der Waals surface area contributed by atoms with Crippen LogP contribution in [0.4, 0.5) is 0 Å². The number of hydrogen-bond donors (Lipinski definition) is 1. The van der Waals surface area contributed by atoms with Crippen LogP contribution in [0, 0.1) is 6.92 Å². The monoisotopic (exact) mass is 351 g/mol. The average Bonchev–Trinajstić information content (AvgIpc) is 2.52. The van der Waals surface area contributed by atoms with Crippen LogP contribution in [-0.4, -0.2) is 14.1 Å². The second-order valence-corrected chi connectivity index (χ2v) is 7.14. The first-order valence-electron chi connectivity index (χ1n) is 8.60. The zero-order valence-corrected chi connectivity index (χ0v) is 15.7. The molecule has 0 spiro atoms. The summed E-state index contributed by atoms with van der Waals surface area (Å²) < 4.78 is 5.57. The van der Waals surface area contributed by atoms with Gasteiger partial charge in [-0.1, -0.05) is 43.5 Å². The van der Waals surface area contributed by atoms with Crippen molar-refractivity contribution in [3.8, 4) is 5.75 Å². The number of quaternary nitrogens is 1. The fourth-order valence-electron chi connectivity index (χ4n) is 3.06. The lowest BCUT2D eigenvalue weighted by molar-refractivity contribution is -0.872. The average molecular weight is 352 g/mol. The van der Waals surface area contributed by atoms with Crippen LogP contribution in [0.25, 0.3) is 11.0 Å². The highest BCUT2D eigenvalue weighted by Gasteiger charge is 2.17. The van der Waals surface area contributed by atoms with Gasteiger partial charge in [-0.3, -0.25) is 0 Å². The quantitative estimate of drug-likeness (QED) is 0.616. The van der Waals surface area contributed by atoms with E-state index in [2.05, 4.69) is 6.92 Å². The van der Waals surface area contributed by atoms with E-state index in [1.165, 1.54) is 6.42 Å². The molecule has 4 nitrogen and oxygen atoms in total. The molecule has 0 amide bonds. The lowest BCUT2D eigenvalue weighted by atomic mass is 9.98. The normalized spacial score (nSPS) is 11.6. The Morgan fingerprint density at radius 1 is 1.21 bits per heavy atom. The van der Waals surface area contributed by atoms with Gasteiger partial charge in [0.1, 0.15) is 12.1 Å². The fraction of sp³-hybridized carbons (Fsp3) is 0.526. The second kappa shape index (κ2) is 8.04. The van der Waals surface area contributed by atoms with Crippen molar-refractivity contribution in [3.63, 3.8) is 0 Å². The van der Waals surface area contributed by atoms with E-state index in [9.17, 15) is 9.90 Å². The van der Waals surface area contributed by atoms with E-state index in [0.717, 1.165) is 35.1 Å². The summed E-state index contributed by atoms with van der Waals surface area (Å²) in [7, 11) is 3.89. The van der Waals surface area contributed by atoms with E-state index < -0.39 is 0 Å². The van der Waals surface area contributed by atoms with Gasteiger partial charge in [0, 0.05) is 21.5 Å². The molecule has 5 heteroatoms. The number of unbranched alkanes of at least 4 members (excludes halogenated alkanes) is 3. The number of benzene rings is 1. The van der Waals surface area contributed by atoms with Gasteiger partial charge < -0.3 is 14.4 Å². The predicted molar refractivity (Wildman–Crippen MR) is 96.0 cm³/mol. The van der Waals surface area contributed by atoms with Crippen molar-refractivity contribution < 1.29 is 14.4 Å². The van der Waals surface area contributed by atoms with Crippen LogP contribution >= 0.6 is 11.6 Å². The first kappa shape index (κ1) is 18.8. The molecule has 1 aromatic heterocycles. The minimum atomic E-state index is -0.326. The summed E-state index contributed by atoms with van der Waals surface area (Å²) in [4.78, 5) is 13.5. The zero-order chi connectivity index (χ0) is 17.9. The van der Waals surface area contributed by atoms with Crippen LogP contribution in [0.15, 0.2) is 15.3 Å². The van der Waals surface area contributed by atoms with E-state index >= 15 is 0 Å². The van der Waals surface area contributed by atoms with Crippen LogP contribution in [0.2, 0.25) is 5.02 Å². The van der Waals surface area contributed by atoms with E-state index in [-0.39, 0.29) is 16.4 Å². The Labute approximate surface area is 148 Å². The summed E-state index contributed by atoms with van der Waals surface area (Å²) in [6.45, 7) is 4.54. The van der Waals surface area contributed by atoms with E-state index in [0.29, 0.717) is 29.7 Å². The Morgan fingerprint density at radius 2 is 1.92 bits per heavy atom. The highest BCUT2D eigenvalue weighted by atomic mass is 35.5. The van der Waals surface area contributed by atoms with Crippen LogP contribution in [0.1, 0.15) is 49.3 Å². The van der Waals surface area contributed by atoms with Crippen LogP contribution < -0.4 is 15.6 Å². The minimum absolute atomic E-state index is 0.188. The van der Waals surface area contributed by atoms with E-state index in [1.807, 2.05) is 21.0 Å². The number of fused-ring (bicyclic) bond motifs is 1. The Kier molecular flexibility index (Phi) is 6.30. The van der Waals surface area contributed by atoms with Crippen molar-refractivity contribution in [2.45, 2.75) is 52.5 Å². The van der Waals surface area contributed by atoms with Gasteiger partial charge in [-0.25, -0.2) is 4.79 Å². The van der Waals surface area contributed by atoms with Gasteiger partial charge >= 0.3 is 5.63 Å². The highest BCUT2D eigenvalue weighted by molar-refractivity contribution is 6.33. The molecule has 0 aliphatic rings. The van der Waals surface area contributed by atoms with Gasteiger partial charge in [0.05, 0.1) is 14.1 Å². The molecular weight excluding hydrogens is 326 g/mol. The van der Waals surface area contributed by atoms with Gasteiger partial charge in [0.25, 0.3) is 0 Å². The smallest absolute Gasteiger partial charge is 0.339 e. The van der Waals surface area contributed by atoms with Gasteiger partial charge in [0.2, 0.25) is 0 Å². The largest absolute Gasteiger partial charge is 0.871 e. The molecule has 0 saturated heterocycles. The molecule has 0 aliphatic carbocycles. The standard InChI is InChI=1S/C19H26ClNO3/c1-5-6-7-8-9-13-12(2)14-10-16(20)17(22)15(11-21(3)4)18(14)24-19(13)23/h10,22H,5-9,11H2,1-4H3. The van der Waals surface area contributed by atoms with Gasteiger partial charge in [-0.2, -0.15) is 0 Å². The number of rotatable bonds is 7. The third-order valence-electron chi connectivity index (χ3n) is 4.39. The molecule has 0 bridgehead atoms. The summed E-state index contributed by atoms with van der Waals surface area (Å²) in [5.41, 5.74) is 2.14. The summed E-state index contributed by atoms with van der Waals surface area (Å²) in [6, 6.07) is 1.64. The number of hydrogen-bond acceptors (Lipinski definition) is 3. The summed E-state index contributed by atoms with van der Waals surface area (Å²) in [6.07, 6.45) is 5.09. The molecular formula is C19H26ClNO3. The molecule has 0 aliphatic heterocycles. The van der Waals surface area contributed by atoms with E-state index in [1.54, 1.807) is 6.07 Å². The Morgan fingerprint density at radius 3 is 2.54 bits per heavy atom. The van der Waals surface area contributed by atoms with Gasteiger partial charge in [-0.15, -0.1) is 0 Å². The lowest BCUT2D eigenvalue weighted by Gasteiger charge is -2.20. The Balaban J connectivity index is 2.55. The summed E-state index contributed by atoms with van der Waals surface area (Å²) in [5, 5.41) is 13.3. The van der Waals surface area contributed by atoms with Crippen LogP contribution in [0.3, 0.4) is 0 Å². The zero-order valence-electron chi connectivity index (χ0n) is 14.9. The number of nitrogens with one attached hydrogen (secondary N) is 1. The first-order valence-corrected chi connectivity index (χ1v) is 8.98. The molecule has 0 atom stereocenters. The lowest BCUT2D eigenvalue weighted by Crippen LogP contribution is -3.04. The first-order chi connectivity index (χ1) is 11.4. The van der Waals surface area contributed by atoms with Gasteiger partial charge in [0.15, 0.2) is 0 Å². The maximum Gasteiger partial charge on any atom is 0.339 e. The molecule has 1 N–H and O–H groups in total. The van der Waals surface area contributed by atoms with Crippen molar-refractivity contribution in [2.24, 2.45) is 0 Å². The second-order valence-electron chi connectivity index (χ2n) is 6.73. The summed E-state index contributed by atoms with van der Waals surface area (Å²) >= 11 is 6.14. The maximum absolute atomic E-state index is 12.4. The highest BCUT2D eigenvalue weighted by Crippen LogP contribution is 2.34.